The Hall–Kier alpha value is -3.71. The van der Waals surface area contributed by atoms with Crippen LogP contribution in [0.3, 0.4) is 0 Å². The third-order valence-electron chi connectivity index (χ3n) is 6.43. The fraction of sp³-hybridized carbons (Fsp3) is 0.241. The Kier molecular flexibility index (Phi) is 8.97. The van der Waals surface area contributed by atoms with Crippen LogP contribution in [-0.4, -0.2) is 44.5 Å². The summed E-state index contributed by atoms with van der Waals surface area (Å²) in [6.45, 7) is 5.90. The van der Waals surface area contributed by atoms with E-state index < -0.39 is 15.3 Å². The minimum Gasteiger partial charge on any atom is -0.487 e. The van der Waals surface area contributed by atoms with Crippen molar-refractivity contribution in [3.8, 4) is 17.1 Å². The molecule has 0 unspecified atom stereocenters. The first-order valence-electron chi connectivity index (χ1n) is 13.1. The largest absolute Gasteiger partial charge is 0.487 e. The van der Waals surface area contributed by atoms with Gasteiger partial charge >= 0.3 is 0 Å². The van der Waals surface area contributed by atoms with Crippen molar-refractivity contribution in [1.29, 1.82) is 0 Å². The summed E-state index contributed by atoms with van der Waals surface area (Å²) in [7, 11) is -3.40. The average molecular weight is 627 g/mol. The molecule has 0 aliphatic carbocycles. The van der Waals surface area contributed by atoms with Crippen molar-refractivity contribution in [2.45, 2.75) is 39.2 Å². The maximum Gasteiger partial charge on any atom is 0.216 e. The fourth-order valence-electron chi connectivity index (χ4n) is 4.15. The first-order valence-corrected chi connectivity index (χ1v) is 15.9. The molecule has 3 heterocycles. The molecule has 5 aromatic rings. The number of rotatable bonds is 11. The van der Waals surface area contributed by atoms with Gasteiger partial charge in [-0.15, -0.1) is 11.3 Å². The fourth-order valence-corrected chi connectivity index (χ4v) is 6.53. The van der Waals surface area contributed by atoms with Crippen LogP contribution in [0.5, 0.6) is 5.75 Å². The van der Waals surface area contributed by atoms with E-state index in [0.29, 0.717) is 56.3 Å². The van der Waals surface area contributed by atoms with Crippen LogP contribution >= 0.6 is 22.9 Å². The summed E-state index contributed by atoms with van der Waals surface area (Å²) in [4.78, 5) is 17.9. The van der Waals surface area contributed by atoms with Gasteiger partial charge in [0, 0.05) is 23.0 Å². The highest BCUT2D eigenvalue weighted by Gasteiger charge is 2.25. The highest BCUT2D eigenvalue weighted by atomic mass is 35.5. The molecule has 0 radical (unpaired) electrons. The third kappa shape index (κ3) is 6.67. The lowest BCUT2D eigenvalue weighted by Gasteiger charge is -2.21. The number of aromatic nitrogens is 4. The second kappa shape index (κ2) is 12.7. The van der Waals surface area contributed by atoms with Crippen LogP contribution in [0.2, 0.25) is 5.02 Å². The lowest BCUT2D eigenvalue weighted by atomic mass is 10.2. The molecular weight excluding hydrogens is 599 g/mol. The van der Waals surface area contributed by atoms with E-state index in [0.717, 1.165) is 5.39 Å². The van der Waals surface area contributed by atoms with Gasteiger partial charge in [-0.3, -0.25) is 4.98 Å². The molecule has 0 saturated carbocycles. The maximum atomic E-state index is 13.5. The summed E-state index contributed by atoms with van der Waals surface area (Å²) in [5, 5.41) is 6.41. The van der Waals surface area contributed by atoms with Crippen molar-refractivity contribution in [3.63, 3.8) is 0 Å². The van der Waals surface area contributed by atoms with E-state index in [9.17, 15) is 12.8 Å². The topological polar surface area (TPSA) is 110 Å². The minimum absolute atomic E-state index is 0.179. The Balaban J connectivity index is 1.34. The van der Waals surface area contributed by atoms with Crippen LogP contribution in [0.25, 0.3) is 22.3 Å². The number of halogens is 2. The van der Waals surface area contributed by atoms with Crippen molar-refractivity contribution < 1.29 is 17.5 Å². The number of thiazole rings is 1. The van der Waals surface area contributed by atoms with Gasteiger partial charge < -0.3 is 10.1 Å². The summed E-state index contributed by atoms with van der Waals surface area (Å²) in [6.07, 6.45) is 3.09. The molecule has 5 rings (SSSR count). The van der Waals surface area contributed by atoms with Gasteiger partial charge in [0.1, 0.15) is 35.3 Å². The quantitative estimate of drug-likeness (QED) is 0.170. The number of fused-ring (bicyclic) bond motifs is 1. The summed E-state index contributed by atoms with van der Waals surface area (Å²) in [5.41, 5.74) is 3.25. The van der Waals surface area contributed by atoms with Crippen LogP contribution < -0.4 is 10.1 Å². The lowest BCUT2D eigenvalue weighted by Crippen LogP contribution is -2.35. The lowest BCUT2D eigenvalue weighted by molar-refractivity contribution is 0.306. The van der Waals surface area contributed by atoms with Crippen LogP contribution in [-0.2, 0) is 23.2 Å². The highest BCUT2D eigenvalue weighted by molar-refractivity contribution is 7.89. The summed E-state index contributed by atoms with van der Waals surface area (Å²) < 4.78 is 46.0. The number of ether oxygens (including phenoxy) is 1. The molecule has 2 aromatic carbocycles. The van der Waals surface area contributed by atoms with Crippen LogP contribution in [0.15, 0.2) is 66.4 Å². The molecule has 0 aliphatic heterocycles. The van der Waals surface area contributed by atoms with Crippen LogP contribution in [0.4, 0.5) is 15.9 Å². The first kappa shape index (κ1) is 29.8. The molecule has 9 nitrogen and oxygen atoms in total. The molecule has 0 aliphatic rings. The number of nitrogens with zero attached hydrogens (tertiary/aromatic N) is 5. The SMILES string of the molecule is CCN(Cc1nc(-c2cc3c(Nc4ccc(OCc5cccc(F)c5)c(Cl)c4)ncnc3cn2)cs1)S(=O)(=O)C(C)C. The number of nitrogens with one attached hydrogen (secondary N) is 1. The van der Waals surface area contributed by atoms with Gasteiger partial charge in [-0.05, 0) is 55.8 Å². The highest BCUT2D eigenvalue weighted by Crippen LogP contribution is 2.32. The molecule has 0 saturated heterocycles. The van der Waals surface area contributed by atoms with Crippen molar-refractivity contribution in [1.82, 2.24) is 24.2 Å². The Morgan fingerprint density at radius 3 is 2.67 bits per heavy atom. The van der Waals surface area contributed by atoms with Gasteiger partial charge in [-0.2, -0.15) is 4.31 Å². The number of pyridine rings is 1. The Bertz CT molecular complexity index is 1830. The molecule has 0 fully saturated rings. The summed E-state index contributed by atoms with van der Waals surface area (Å²) >= 11 is 7.87. The van der Waals surface area contributed by atoms with E-state index in [1.165, 1.54) is 34.1 Å². The van der Waals surface area contributed by atoms with Gasteiger partial charge in [0.15, 0.2) is 0 Å². The second-order valence-electron chi connectivity index (χ2n) is 9.64. The molecule has 0 amide bonds. The van der Waals surface area contributed by atoms with Gasteiger partial charge in [-0.25, -0.2) is 27.8 Å². The van der Waals surface area contributed by atoms with Crippen molar-refractivity contribution in [2.24, 2.45) is 0 Å². The maximum absolute atomic E-state index is 13.5. The van der Waals surface area contributed by atoms with Gasteiger partial charge in [0.2, 0.25) is 10.0 Å². The van der Waals surface area contributed by atoms with E-state index in [-0.39, 0.29) is 19.0 Å². The van der Waals surface area contributed by atoms with Gasteiger partial charge in [0.05, 0.1) is 39.9 Å². The van der Waals surface area contributed by atoms with Crippen LogP contribution in [0, 0.1) is 5.82 Å². The zero-order valence-electron chi connectivity index (χ0n) is 23.1. The van der Waals surface area contributed by atoms with Crippen LogP contribution in [0.1, 0.15) is 31.3 Å². The Morgan fingerprint density at radius 1 is 1.10 bits per heavy atom. The van der Waals surface area contributed by atoms with Gasteiger partial charge in [0.25, 0.3) is 0 Å². The number of hydrogen-bond donors (Lipinski definition) is 1. The predicted molar refractivity (Wildman–Crippen MR) is 164 cm³/mol. The summed E-state index contributed by atoms with van der Waals surface area (Å²) in [6, 6.07) is 13.3. The third-order valence-corrected chi connectivity index (χ3v) is 9.86. The van der Waals surface area contributed by atoms with Crippen molar-refractivity contribution in [2.75, 3.05) is 11.9 Å². The van der Waals surface area contributed by atoms with E-state index >= 15 is 0 Å². The molecule has 0 bridgehead atoms. The number of anilines is 2. The number of benzene rings is 2. The van der Waals surface area contributed by atoms with E-state index in [1.807, 2.05) is 18.4 Å². The zero-order chi connectivity index (χ0) is 29.9. The molecule has 13 heteroatoms. The summed E-state index contributed by atoms with van der Waals surface area (Å²) in [5.74, 6) is 0.684. The normalized spacial score (nSPS) is 11.9. The number of hydrogen-bond acceptors (Lipinski definition) is 9. The smallest absolute Gasteiger partial charge is 0.216 e. The zero-order valence-corrected chi connectivity index (χ0v) is 25.5. The number of sulfonamides is 1. The van der Waals surface area contributed by atoms with E-state index in [2.05, 4.69) is 25.3 Å². The van der Waals surface area contributed by atoms with Crippen molar-refractivity contribution in [3.05, 3.63) is 87.8 Å². The Morgan fingerprint density at radius 2 is 1.93 bits per heavy atom. The predicted octanol–water partition coefficient (Wildman–Crippen LogP) is 6.82. The molecule has 0 spiro atoms. The Labute approximate surface area is 252 Å². The average Bonchev–Trinajstić information content (AvgIpc) is 3.44. The minimum atomic E-state index is -3.40. The molecule has 0 atom stereocenters. The molecule has 218 valence electrons. The molecule has 42 heavy (non-hydrogen) atoms. The monoisotopic (exact) mass is 626 g/mol. The van der Waals surface area contributed by atoms with Gasteiger partial charge in [-0.1, -0.05) is 30.7 Å². The second-order valence-corrected chi connectivity index (χ2v) is 13.5. The molecule has 3 aromatic heterocycles. The standard InChI is InChI=1S/C29H28ClFN6O3S2/c1-4-37(42(38,39)18(2)3)14-28-36-26(16-41-28)24-12-22-25(13-32-24)33-17-34-29(22)35-21-8-9-27(23(30)11-21)40-15-19-6-5-7-20(31)10-19/h5-13,16-18H,4,14-15H2,1-3H3,(H,33,34,35). The first-order chi connectivity index (χ1) is 20.1. The van der Waals surface area contributed by atoms with E-state index in [4.69, 9.17) is 16.3 Å². The molecule has 1 N–H and O–H groups in total. The van der Waals surface area contributed by atoms with E-state index in [1.54, 1.807) is 50.4 Å². The molecular formula is C29H28ClFN6O3S2. The van der Waals surface area contributed by atoms with Crippen molar-refractivity contribution >= 4 is 55.4 Å².